The van der Waals surface area contributed by atoms with Crippen molar-refractivity contribution < 1.29 is 4.74 Å². The van der Waals surface area contributed by atoms with Crippen LogP contribution in [0.3, 0.4) is 0 Å². The number of para-hydroxylation sites is 6. The molecular weight excluding hydrogens is 719 g/mol. The van der Waals surface area contributed by atoms with Crippen molar-refractivity contribution in [3.63, 3.8) is 0 Å². The first kappa shape index (κ1) is 33.6. The van der Waals surface area contributed by atoms with Gasteiger partial charge in [0, 0.05) is 57.5 Å². The molecule has 0 aromatic heterocycles. The molecule has 2 bridgehead atoms. The standard InChI is InChI=1S/C53H45BN4O/c1-34-30-46-50-47(31-34)58-51-39(52(2)27-11-12-28-53(52,58)3)16-13-17-41(51)54(50)40-24-22-38-33-45(40)57(46)44-19-8-10-21-49(44)59-48-20-9-7-18-43(48)56(38)37-23-25-42-35(32-37)26-29-55(42)36-14-5-4-6-15-36/h4-10,13-25,30-33H,11-12,26-29H2,1-3H3. The van der Waals surface area contributed by atoms with Crippen LogP contribution < -0.4 is 40.7 Å². The maximum atomic E-state index is 7.17. The molecule has 6 heteroatoms. The van der Waals surface area contributed by atoms with Crippen molar-refractivity contribution >= 4 is 80.0 Å². The number of aryl methyl sites for hydroxylation is 1. The molecule has 6 aliphatic rings. The van der Waals surface area contributed by atoms with Crippen molar-refractivity contribution in [2.24, 2.45) is 0 Å². The number of ether oxygens (including phenoxy) is 1. The van der Waals surface area contributed by atoms with Crippen LogP contribution in [0.1, 0.15) is 56.2 Å². The van der Waals surface area contributed by atoms with Gasteiger partial charge in [0.05, 0.1) is 16.9 Å². The number of hydrogen-bond donors (Lipinski definition) is 0. The lowest BCUT2D eigenvalue weighted by molar-refractivity contribution is 0.195. The largest absolute Gasteiger partial charge is 0.453 e. The summed E-state index contributed by atoms with van der Waals surface area (Å²) >= 11 is 0. The summed E-state index contributed by atoms with van der Waals surface area (Å²) in [7, 11) is 0. The van der Waals surface area contributed by atoms with Crippen LogP contribution in [0, 0.1) is 6.92 Å². The van der Waals surface area contributed by atoms with Crippen molar-refractivity contribution in [1.82, 2.24) is 0 Å². The number of anilines is 10. The lowest BCUT2D eigenvalue weighted by Gasteiger charge is -2.53. The summed E-state index contributed by atoms with van der Waals surface area (Å²) < 4.78 is 7.17. The van der Waals surface area contributed by atoms with Crippen molar-refractivity contribution in [2.75, 3.05) is 26.1 Å². The molecule has 13 rings (SSSR count). The molecule has 0 amide bonds. The first-order chi connectivity index (χ1) is 28.9. The van der Waals surface area contributed by atoms with E-state index >= 15 is 0 Å². The van der Waals surface area contributed by atoms with E-state index in [0.29, 0.717) is 0 Å². The highest BCUT2D eigenvalue weighted by atomic mass is 16.5. The van der Waals surface area contributed by atoms with Gasteiger partial charge < -0.3 is 24.3 Å². The third kappa shape index (κ3) is 4.36. The van der Waals surface area contributed by atoms with Crippen LogP contribution in [0.25, 0.3) is 0 Å². The predicted octanol–water partition coefficient (Wildman–Crippen LogP) is 11.6. The number of benzene rings is 7. The van der Waals surface area contributed by atoms with Gasteiger partial charge in [-0.1, -0.05) is 86.5 Å². The summed E-state index contributed by atoms with van der Waals surface area (Å²) in [6.07, 6.45) is 5.94. The van der Waals surface area contributed by atoms with Crippen molar-refractivity contribution in [2.45, 2.75) is 63.8 Å². The van der Waals surface area contributed by atoms with Crippen LogP contribution in [-0.2, 0) is 11.8 Å². The van der Waals surface area contributed by atoms with Crippen molar-refractivity contribution in [3.8, 4) is 11.5 Å². The van der Waals surface area contributed by atoms with E-state index in [0.717, 1.165) is 47.2 Å². The van der Waals surface area contributed by atoms with E-state index in [1.807, 2.05) is 0 Å². The Morgan fingerprint density at radius 2 is 1.27 bits per heavy atom. The van der Waals surface area contributed by atoms with Gasteiger partial charge in [-0.25, -0.2) is 0 Å². The molecule has 286 valence electrons. The van der Waals surface area contributed by atoms with Crippen LogP contribution >= 0.6 is 0 Å². The highest BCUT2D eigenvalue weighted by Gasteiger charge is 2.61. The fourth-order valence-electron chi connectivity index (χ4n) is 12.2. The summed E-state index contributed by atoms with van der Waals surface area (Å²) in [5.41, 5.74) is 20.5. The van der Waals surface area contributed by atoms with Gasteiger partial charge in [-0.2, -0.15) is 0 Å². The molecule has 5 heterocycles. The number of nitrogens with zero attached hydrogens (tertiary/aromatic N) is 4. The number of rotatable bonds is 2. The molecule has 2 unspecified atom stereocenters. The van der Waals surface area contributed by atoms with Crippen molar-refractivity contribution in [1.29, 1.82) is 0 Å². The zero-order chi connectivity index (χ0) is 39.2. The molecule has 1 aliphatic carbocycles. The molecule has 1 saturated carbocycles. The molecule has 2 atom stereocenters. The van der Waals surface area contributed by atoms with E-state index in [9.17, 15) is 0 Å². The zero-order valence-corrected chi connectivity index (χ0v) is 33.9. The summed E-state index contributed by atoms with van der Waals surface area (Å²) in [5, 5.41) is 0. The summed E-state index contributed by atoms with van der Waals surface area (Å²) in [6.45, 7) is 8.47. The van der Waals surface area contributed by atoms with Gasteiger partial charge in [0.25, 0.3) is 6.71 Å². The second-order valence-electron chi connectivity index (χ2n) is 18.0. The minimum Gasteiger partial charge on any atom is -0.453 e. The quantitative estimate of drug-likeness (QED) is 0.163. The summed E-state index contributed by atoms with van der Waals surface area (Å²) in [5.74, 6) is 1.66. The van der Waals surface area contributed by atoms with E-state index in [1.54, 1.807) is 0 Å². The monoisotopic (exact) mass is 764 g/mol. The van der Waals surface area contributed by atoms with E-state index in [1.165, 1.54) is 92.9 Å². The van der Waals surface area contributed by atoms with Gasteiger partial charge >= 0.3 is 0 Å². The topological polar surface area (TPSA) is 22.2 Å². The van der Waals surface area contributed by atoms with Crippen molar-refractivity contribution in [3.05, 3.63) is 162 Å². The molecule has 1 fully saturated rings. The SMILES string of the molecule is Cc1cc2c3c(c1)N1c4c(cccc4C4(C)CCCCC14C)B3c1ccc3cc1N2c1ccccc1Oc1ccccc1N3c1ccc2c(c1)CCN2c1ccccc1. The van der Waals surface area contributed by atoms with Crippen LogP contribution in [0.15, 0.2) is 146 Å². The lowest BCUT2D eigenvalue weighted by atomic mass is 9.33. The highest BCUT2D eigenvalue weighted by molar-refractivity contribution is 7.00. The Bertz CT molecular complexity index is 2930. The molecular formula is C53H45BN4O. The van der Waals surface area contributed by atoms with Crippen LogP contribution in [0.4, 0.5) is 56.9 Å². The molecule has 59 heavy (non-hydrogen) atoms. The Kier molecular flexibility index (Phi) is 6.74. The van der Waals surface area contributed by atoms with Gasteiger partial charge in [0.15, 0.2) is 11.5 Å². The third-order valence-corrected chi connectivity index (χ3v) is 15.1. The van der Waals surface area contributed by atoms with Gasteiger partial charge in [0.1, 0.15) is 0 Å². The Labute approximate surface area is 347 Å². The van der Waals surface area contributed by atoms with Gasteiger partial charge in [-0.3, -0.25) is 0 Å². The molecule has 0 spiro atoms. The summed E-state index contributed by atoms with van der Waals surface area (Å²) in [6, 6.07) is 54.4. The Morgan fingerprint density at radius 3 is 2.10 bits per heavy atom. The van der Waals surface area contributed by atoms with Crippen LogP contribution in [0.5, 0.6) is 11.5 Å². The average Bonchev–Trinajstić information content (AvgIpc) is 3.78. The molecule has 7 aromatic carbocycles. The number of hydrogen-bond acceptors (Lipinski definition) is 5. The summed E-state index contributed by atoms with van der Waals surface area (Å²) in [4.78, 5) is 10.2. The first-order valence-corrected chi connectivity index (χ1v) is 21.6. The van der Waals surface area contributed by atoms with Crippen LogP contribution in [-0.4, -0.2) is 18.8 Å². The minimum absolute atomic E-state index is 0.00869. The molecule has 0 saturated heterocycles. The second-order valence-corrected chi connectivity index (χ2v) is 18.0. The lowest BCUT2D eigenvalue weighted by Crippen LogP contribution is -2.64. The normalized spacial score (nSPS) is 21.2. The zero-order valence-electron chi connectivity index (χ0n) is 33.9. The molecule has 0 radical (unpaired) electrons. The van der Waals surface area contributed by atoms with Crippen LogP contribution in [0.2, 0.25) is 0 Å². The minimum atomic E-state index is -0.00869. The average molecular weight is 765 g/mol. The van der Waals surface area contributed by atoms with E-state index in [-0.39, 0.29) is 17.7 Å². The predicted molar refractivity (Wildman–Crippen MR) is 245 cm³/mol. The Hall–Kier alpha value is -6.40. The van der Waals surface area contributed by atoms with Gasteiger partial charge in [-0.15, -0.1) is 0 Å². The van der Waals surface area contributed by atoms with E-state index < -0.39 is 0 Å². The molecule has 7 aromatic rings. The van der Waals surface area contributed by atoms with Gasteiger partial charge in [-0.05, 0) is 145 Å². The highest BCUT2D eigenvalue weighted by Crippen LogP contribution is 2.62. The fraction of sp³-hybridized carbons (Fsp3) is 0.208. The number of fused-ring (bicyclic) bond motifs is 12. The molecule has 5 aliphatic heterocycles. The van der Waals surface area contributed by atoms with E-state index in [2.05, 4.69) is 186 Å². The smallest absolute Gasteiger partial charge is 0.252 e. The third-order valence-electron chi connectivity index (χ3n) is 15.1. The van der Waals surface area contributed by atoms with Gasteiger partial charge in [0.2, 0.25) is 0 Å². The maximum absolute atomic E-state index is 7.17. The van der Waals surface area contributed by atoms with E-state index in [4.69, 9.17) is 4.74 Å². The Balaban J connectivity index is 1.07. The molecule has 5 nitrogen and oxygen atoms in total. The molecule has 0 N–H and O–H groups in total. The maximum Gasteiger partial charge on any atom is 0.252 e. The first-order valence-electron chi connectivity index (χ1n) is 21.6. The second kappa shape index (κ2) is 11.8. The Morgan fingerprint density at radius 1 is 0.559 bits per heavy atom. The fourth-order valence-corrected chi connectivity index (χ4v) is 12.2.